The van der Waals surface area contributed by atoms with Crippen LogP contribution < -0.4 is 0 Å². The highest BCUT2D eigenvalue weighted by molar-refractivity contribution is 8.01. The van der Waals surface area contributed by atoms with Gasteiger partial charge in [0.05, 0.1) is 6.04 Å². The molecule has 1 aliphatic heterocycles. The fourth-order valence-electron chi connectivity index (χ4n) is 1.71. The molecule has 0 amide bonds. The summed E-state index contributed by atoms with van der Waals surface area (Å²) in [6.45, 7) is 3.83. The van der Waals surface area contributed by atoms with E-state index >= 15 is 0 Å². The van der Waals surface area contributed by atoms with E-state index in [-0.39, 0.29) is 6.04 Å². The number of hydrogen-bond donors (Lipinski definition) is 1. The second-order valence-corrected chi connectivity index (χ2v) is 4.69. The molecule has 14 heavy (non-hydrogen) atoms. The second kappa shape index (κ2) is 3.77. The van der Waals surface area contributed by atoms with Gasteiger partial charge in [-0.15, -0.1) is 0 Å². The molecular weight excluding hydrogens is 194 g/mol. The van der Waals surface area contributed by atoms with Crippen LogP contribution in [0.2, 0.25) is 0 Å². The summed E-state index contributed by atoms with van der Waals surface area (Å²) in [5, 5.41) is 9.92. The molecule has 2 unspecified atom stereocenters. The van der Waals surface area contributed by atoms with E-state index in [1.54, 1.807) is 0 Å². The first-order valence-electron chi connectivity index (χ1n) is 4.53. The number of likely N-dealkylation sites (N-methyl/N-ethyl adjacent to an activating group) is 1. The summed E-state index contributed by atoms with van der Waals surface area (Å²) in [6.07, 6.45) is -0.465. The molecule has 1 aromatic carbocycles. The van der Waals surface area contributed by atoms with Gasteiger partial charge in [-0.05, 0) is 24.6 Å². The van der Waals surface area contributed by atoms with Gasteiger partial charge in [0.25, 0.3) is 0 Å². The van der Waals surface area contributed by atoms with Crippen LogP contribution in [-0.2, 0) is 0 Å². The van der Waals surface area contributed by atoms with Crippen LogP contribution in [0.1, 0.15) is 11.6 Å². The predicted molar refractivity (Wildman–Crippen MR) is 59.7 cm³/mol. The average molecular weight is 207 g/mol. The van der Waals surface area contributed by atoms with Crippen molar-refractivity contribution in [1.29, 1.82) is 0 Å². The van der Waals surface area contributed by atoms with Gasteiger partial charge in [-0.25, -0.2) is 4.31 Å². The molecule has 0 aliphatic carbocycles. The van der Waals surface area contributed by atoms with Crippen LogP contribution in [0, 0.1) is 0 Å². The maximum absolute atomic E-state index is 9.92. The van der Waals surface area contributed by atoms with E-state index in [9.17, 15) is 5.11 Å². The van der Waals surface area contributed by atoms with Gasteiger partial charge in [-0.1, -0.05) is 36.9 Å². The van der Waals surface area contributed by atoms with E-state index < -0.39 is 6.10 Å². The summed E-state index contributed by atoms with van der Waals surface area (Å²) in [7, 11) is 1.98. The Balaban J connectivity index is 2.31. The molecule has 74 valence electrons. The first kappa shape index (κ1) is 9.77. The molecule has 2 rings (SSSR count). The first-order chi connectivity index (χ1) is 6.70. The number of nitrogens with zero attached hydrogens (tertiary/aromatic N) is 1. The lowest BCUT2D eigenvalue weighted by atomic mass is 10.0. The van der Waals surface area contributed by atoms with Crippen molar-refractivity contribution in [3.63, 3.8) is 0 Å². The average Bonchev–Trinajstić information content (AvgIpc) is 2.43. The van der Waals surface area contributed by atoms with Crippen LogP contribution in [0.5, 0.6) is 0 Å². The Morgan fingerprint density at radius 2 is 2.00 bits per heavy atom. The molecule has 1 aliphatic rings. The SMILES string of the molecule is C=C1SN(C)C(c2ccccc2)C1O. The van der Waals surface area contributed by atoms with E-state index in [1.165, 1.54) is 11.9 Å². The molecule has 0 spiro atoms. The second-order valence-electron chi connectivity index (χ2n) is 3.40. The van der Waals surface area contributed by atoms with Gasteiger partial charge in [0.2, 0.25) is 0 Å². The largest absolute Gasteiger partial charge is 0.386 e. The van der Waals surface area contributed by atoms with Crippen LogP contribution in [0.3, 0.4) is 0 Å². The summed E-state index contributed by atoms with van der Waals surface area (Å²) in [5.74, 6) is 0. The van der Waals surface area contributed by atoms with Gasteiger partial charge >= 0.3 is 0 Å². The standard InChI is InChI=1S/C11H13NOS/c1-8-11(13)10(12(2)14-8)9-6-4-3-5-7-9/h3-7,10-11,13H,1H2,2H3. The van der Waals surface area contributed by atoms with Crippen molar-refractivity contribution < 1.29 is 5.11 Å². The minimum Gasteiger partial charge on any atom is -0.386 e. The molecule has 0 aromatic heterocycles. The number of hydrogen-bond acceptors (Lipinski definition) is 3. The molecule has 3 heteroatoms. The third-order valence-electron chi connectivity index (χ3n) is 2.42. The number of benzene rings is 1. The van der Waals surface area contributed by atoms with Gasteiger partial charge in [0.1, 0.15) is 6.10 Å². The lowest BCUT2D eigenvalue weighted by Crippen LogP contribution is -2.21. The molecule has 1 saturated heterocycles. The van der Waals surface area contributed by atoms with Gasteiger partial charge in [0, 0.05) is 4.91 Å². The van der Waals surface area contributed by atoms with Crippen molar-refractivity contribution in [2.75, 3.05) is 7.05 Å². The third kappa shape index (κ3) is 1.59. The molecular formula is C11H13NOS. The zero-order valence-electron chi connectivity index (χ0n) is 8.05. The van der Waals surface area contributed by atoms with Crippen molar-refractivity contribution in [3.05, 3.63) is 47.4 Å². The summed E-state index contributed by atoms with van der Waals surface area (Å²) in [4.78, 5) is 0.821. The minimum atomic E-state index is -0.465. The van der Waals surface area contributed by atoms with E-state index in [0.29, 0.717) is 0 Å². The van der Waals surface area contributed by atoms with E-state index in [4.69, 9.17) is 0 Å². The van der Waals surface area contributed by atoms with Crippen LogP contribution in [0.15, 0.2) is 41.8 Å². The smallest absolute Gasteiger partial charge is 0.106 e. The van der Waals surface area contributed by atoms with Gasteiger partial charge in [-0.2, -0.15) is 0 Å². The third-order valence-corrected chi connectivity index (χ3v) is 3.41. The topological polar surface area (TPSA) is 23.5 Å². The molecule has 0 radical (unpaired) electrons. The summed E-state index contributed by atoms with van der Waals surface area (Å²) in [6, 6.07) is 10.1. The van der Waals surface area contributed by atoms with Crippen molar-refractivity contribution in [1.82, 2.24) is 4.31 Å². The molecule has 2 nitrogen and oxygen atoms in total. The van der Waals surface area contributed by atoms with Crippen LogP contribution in [-0.4, -0.2) is 22.6 Å². The predicted octanol–water partition coefficient (Wildman–Crippen LogP) is 2.20. The highest BCUT2D eigenvalue weighted by Crippen LogP contribution is 2.43. The molecule has 2 atom stereocenters. The van der Waals surface area contributed by atoms with Gasteiger partial charge in [0.15, 0.2) is 0 Å². The van der Waals surface area contributed by atoms with Crippen molar-refractivity contribution in [2.45, 2.75) is 12.1 Å². The van der Waals surface area contributed by atoms with Crippen molar-refractivity contribution >= 4 is 11.9 Å². The summed E-state index contributed by atoms with van der Waals surface area (Å²) in [5.41, 5.74) is 1.13. The Kier molecular flexibility index (Phi) is 2.63. The quantitative estimate of drug-likeness (QED) is 0.714. The fourth-order valence-corrected chi connectivity index (χ4v) is 2.67. The highest BCUT2D eigenvalue weighted by Gasteiger charge is 2.35. The zero-order chi connectivity index (χ0) is 10.1. The Labute approximate surface area is 88.4 Å². The summed E-state index contributed by atoms with van der Waals surface area (Å²) >= 11 is 1.52. The number of rotatable bonds is 1. The maximum Gasteiger partial charge on any atom is 0.106 e. The molecule has 0 bridgehead atoms. The van der Waals surface area contributed by atoms with Gasteiger partial charge < -0.3 is 5.11 Å². The van der Waals surface area contributed by atoms with E-state index in [2.05, 4.69) is 6.58 Å². The maximum atomic E-state index is 9.92. The normalized spacial score (nSPS) is 28.3. The highest BCUT2D eigenvalue weighted by atomic mass is 32.2. The molecule has 1 fully saturated rings. The lowest BCUT2D eigenvalue weighted by molar-refractivity contribution is 0.155. The zero-order valence-corrected chi connectivity index (χ0v) is 8.87. The molecule has 1 N–H and O–H groups in total. The van der Waals surface area contributed by atoms with Crippen molar-refractivity contribution in [2.24, 2.45) is 0 Å². The summed E-state index contributed by atoms with van der Waals surface area (Å²) < 4.78 is 2.04. The van der Waals surface area contributed by atoms with Gasteiger partial charge in [-0.3, -0.25) is 0 Å². The van der Waals surface area contributed by atoms with E-state index in [1.807, 2.05) is 41.7 Å². The monoisotopic (exact) mass is 207 g/mol. The van der Waals surface area contributed by atoms with E-state index in [0.717, 1.165) is 10.5 Å². The number of aliphatic hydroxyl groups is 1. The Morgan fingerprint density at radius 1 is 1.36 bits per heavy atom. The minimum absolute atomic E-state index is 0.0358. The van der Waals surface area contributed by atoms with Crippen molar-refractivity contribution in [3.8, 4) is 0 Å². The first-order valence-corrected chi connectivity index (χ1v) is 5.30. The van der Waals surface area contributed by atoms with Crippen LogP contribution in [0.4, 0.5) is 0 Å². The Hall–Kier alpha value is -0.770. The lowest BCUT2D eigenvalue weighted by Gasteiger charge is -2.20. The molecule has 1 heterocycles. The molecule has 1 aromatic rings. The van der Waals surface area contributed by atoms with Crippen LogP contribution in [0.25, 0.3) is 0 Å². The van der Waals surface area contributed by atoms with Crippen LogP contribution >= 0.6 is 11.9 Å². The Morgan fingerprint density at radius 3 is 2.50 bits per heavy atom. The molecule has 0 saturated carbocycles. The Bertz CT molecular complexity index is 338. The number of aliphatic hydroxyl groups excluding tert-OH is 1. The fraction of sp³-hybridized carbons (Fsp3) is 0.273.